The van der Waals surface area contributed by atoms with Crippen LogP contribution in [0.1, 0.15) is 23.8 Å². The molecule has 1 aromatic rings. The zero-order valence-corrected chi connectivity index (χ0v) is 10.6. The largest absolute Gasteiger partial charge is 0.377 e. The number of nitrogens with zero attached hydrogens (tertiary/aromatic N) is 3. The van der Waals surface area contributed by atoms with Gasteiger partial charge in [0.05, 0.1) is 19.3 Å². The van der Waals surface area contributed by atoms with Crippen molar-refractivity contribution < 1.29 is 9.53 Å². The minimum Gasteiger partial charge on any atom is -0.377 e. The number of carbonyl (C=O) groups excluding carboxylic acids is 1. The van der Waals surface area contributed by atoms with Crippen LogP contribution in [-0.4, -0.2) is 46.4 Å². The van der Waals surface area contributed by atoms with Crippen molar-refractivity contribution in [3.8, 4) is 0 Å². The Bertz CT molecular complexity index is 498. The van der Waals surface area contributed by atoms with E-state index in [2.05, 4.69) is 5.10 Å². The van der Waals surface area contributed by atoms with Crippen molar-refractivity contribution in [2.24, 2.45) is 7.05 Å². The normalized spacial score (nSPS) is 19.9. The van der Waals surface area contributed by atoms with E-state index < -0.39 is 0 Å². The summed E-state index contributed by atoms with van der Waals surface area (Å²) in [5.74, 6) is -0.138. The Kier molecular flexibility index (Phi) is 3.76. The lowest BCUT2D eigenvalue weighted by Crippen LogP contribution is -2.48. The molecule has 0 radical (unpaired) electrons. The Morgan fingerprint density at radius 1 is 1.56 bits per heavy atom. The van der Waals surface area contributed by atoms with Crippen LogP contribution in [-0.2, 0) is 11.8 Å². The van der Waals surface area contributed by atoms with Gasteiger partial charge in [-0.05, 0) is 12.5 Å². The molecule has 6 nitrogen and oxygen atoms in total. The maximum atomic E-state index is 12.3. The van der Waals surface area contributed by atoms with E-state index in [-0.39, 0.29) is 17.5 Å². The zero-order valence-electron chi connectivity index (χ0n) is 10.6. The number of hydrogen-bond acceptors (Lipinski definition) is 4. The summed E-state index contributed by atoms with van der Waals surface area (Å²) in [6.45, 7) is 3.71. The van der Waals surface area contributed by atoms with Crippen LogP contribution in [0.3, 0.4) is 0 Å². The molecule has 1 saturated heterocycles. The van der Waals surface area contributed by atoms with Crippen LogP contribution in [0.2, 0.25) is 0 Å². The van der Waals surface area contributed by atoms with Crippen molar-refractivity contribution in [1.29, 1.82) is 0 Å². The smallest absolute Gasteiger partial charge is 0.274 e. The average molecular weight is 251 g/mol. The molecule has 0 saturated carbocycles. The molecular formula is C12H17N3O3. The fourth-order valence-corrected chi connectivity index (χ4v) is 2.02. The molecule has 0 aliphatic carbocycles. The maximum Gasteiger partial charge on any atom is 0.274 e. The van der Waals surface area contributed by atoms with Crippen molar-refractivity contribution in [2.75, 3.05) is 19.8 Å². The van der Waals surface area contributed by atoms with Crippen LogP contribution in [0.15, 0.2) is 16.9 Å². The lowest BCUT2D eigenvalue weighted by atomic mass is 10.1. The van der Waals surface area contributed by atoms with Crippen molar-refractivity contribution >= 4 is 5.91 Å². The highest BCUT2D eigenvalue weighted by Gasteiger charge is 2.27. The van der Waals surface area contributed by atoms with Gasteiger partial charge in [0, 0.05) is 19.7 Å². The van der Waals surface area contributed by atoms with Gasteiger partial charge in [-0.1, -0.05) is 6.92 Å². The summed E-state index contributed by atoms with van der Waals surface area (Å²) in [6.07, 6.45) is 0.845. The highest BCUT2D eigenvalue weighted by molar-refractivity contribution is 5.92. The highest BCUT2D eigenvalue weighted by Crippen LogP contribution is 2.13. The molecule has 2 heterocycles. The van der Waals surface area contributed by atoms with Crippen LogP contribution >= 0.6 is 0 Å². The molecule has 1 aromatic heterocycles. The summed E-state index contributed by atoms with van der Waals surface area (Å²) in [4.78, 5) is 25.3. The Morgan fingerprint density at radius 3 is 3.00 bits per heavy atom. The third kappa shape index (κ3) is 2.43. The molecule has 0 spiro atoms. The van der Waals surface area contributed by atoms with Crippen molar-refractivity contribution in [2.45, 2.75) is 19.4 Å². The number of ether oxygens (including phenoxy) is 1. The Morgan fingerprint density at radius 2 is 2.33 bits per heavy atom. The molecule has 1 atom stereocenters. The number of aromatic nitrogens is 2. The summed E-state index contributed by atoms with van der Waals surface area (Å²) in [5.41, 5.74) is 0.0815. The standard InChI is InChI=1S/C12H17N3O3/c1-3-9-8-18-7-6-15(9)12(17)10-4-5-11(16)14(2)13-10/h4-5,9H,3,6-8H2,1-2H3/t9-/m0/s1. The van der Waals surface area contributed by atoms with Crippen molar-refractivity contribution in [3.63, 3.8) is 0 Å². The van der Waals surface area contributed by atoms with Gasteiger partial charge in [-0.25, -0.2) is 4.68 Å². The van der Waals surface area contributed by atoms with Gasteiger partial charge in [-0.3, -0.25) is 9.59 Å². The van der Waals surface area contributed by atoms with Gasteiger partial charge in [-0.15, -0.1) is 0 Å². The van der Waals surface area contributed by atoms with E-state index in [0.29, 0.717) is 25.5 Å². The third-order valence-electron chi connectivity index (χ3n) is 3.14. The van der Waals surface area contributed by atoms with Crippen LogP contribution in [0, 0.1) is 0 Å². The number of aryl methyl sites for hydroxylation is 1. The molecule has 1 aliphatic rings. The molecule has 0 bridgehead atoms. The maximum absolute atomic E-state index is 12.3. The Hall–Kier alpha value is -1.69. The van der Waals surface area contributed by atoms with E-state index in [9.17, 15) is 9.59 Å². The number of hydrogen-bond donors (Lipinski definition) is 0. The van der Waals surface area contributed by atoms with Gasteiger partial charge in [0.25, 0.3) is 11.5 Å². The van der Waals surface area contributed by atoms with Gasteiger partial charge >= 0.3 is 0 Å². The van der Waals surface area contributed by atoms with Crippen molar-refractivity contribution in [3.05, 3.63) is 28.2 Å². The first kappa shape index (κ1) is 12.8. The number of carbonyl (C=O) groups is 1. The van der Waals surface area contributed by atoms with E-state index in [1.807, 2.05) is 6.92 Å². The first-order chi connectivity index (χ1) is 8.63. The molecule has 0 aromatic carbocycles. The molecule has 98 valence electrons. The second-order valence-electron chi connectivity index (χ2n) is 4.32. The first-order valence-corrected chi connectivity index (χ1v) is 6.06. The van der Waals surface area contributed by atoms with E-state index in [0.717, 1.165) is 6.42 Å². The summed E-state index contributed by atoms with van der Waals surface area (Å²) in [7, 11) is 1.54. The van der Waals surface area contributed by atoms with Gasteiger partial charge in [0.2, 0.25) is 0 Å². The molecule has 0 unspecified atom stereocenters. The third-order valence-corrected chi connectivity index (χ3v) is 3.14. The van der Waals surface area contributed by atoms with E-state index in [4.69, 9.17) is 4.74 Å². The van der Waals surface area contributed by atoms with E-state index in [1.54, 1.807) is 4.90 Å². The van der Waals surface area contributed by atoms with E-state index >= 15 is 0 Å². The molecule has 1 fully saturated rings. The quantitative estimate of drug-likeness (QED) is 0.744. The van der Waals surface area contributed by atoms with Gasteiger partial charge in [0.1, 0.15) is 5.69 Å². The van der Waals surface area contributed by atoms with Gasteiger partial charge in [0.15, 0.2) is 0 Å². The molecule has 18 heavy (non-hydrogen) atoms. The zero-order chi connectivity index (χ0) is 13.1. The summed E-state index contributed by atoms with van der Waals surface area (Å²) < 4.78 is 6.54. The SMILES string of the molecule is CC[C@H]1COCCN1C(=O)c1ccc(=O)n(C)n1. The fraction of sp³-hybridized carbons (Fsp3) is 0.583. The molecule has 6 heteroatoms. The van der Waals surface area contributed by atoms with Crippen LogP contribution in [0.5, 0.6) is 0 Å². The molecule has 2 rings (SSSR count). The summed E-state index contributed by atoms with van der Waals surface area (Å²) in [5, 5.41) is 3.99. The Labute approximate surface area is 105 Å². The monoisotopic (exact) mass is 251 g/mol. The highest BCUT2D eigenvalue weighted by atomic mass is 16.5. The number of morpholine rings is 1. The summed E-state index contributed by atoms with van der Waals surface area (Å²) in [6, 6.07) is 2.93. The van der Waals surface area contributed by atoms with E-state index in [1.165, 1.54) is 23.9 Å². The number of amides is 1. The average Bonchev–Trinajstić information content (AvgIpc) is 2.41. The van der Waals surface area contributed by atoms with Crippen molar-refractivity contribution in [1.82, 2.24) is 14.7 Å². The minimum absolute atomic E-state index is 0.0882. The number of rotatable bonds is 2. The Balaban J connectivity index is 2.23. The van der Waals surface area contributed by atoms with Gasteiger partial charge < -0.3 is 9.64 Å². The fourth-order valence-electron chi connectivity index (χ4n) is 2.02. The topological polar surface area (TPSA) is 64.4 Å². The minimum atomic E-state index is -0.222. The van der Waals surface area contributed by atoms with Crippen LogP contribution in [0.25, 0.3) is 0 Å². The second-order valence-corrected chi connectivity index (χ2v) is 4.32. The molecule has 0 N–H and O–H groups in total. The van der Waals surface area contributed by atoms with Gasteiger partial charge in [-0.2, -0.15) is 5.10 Å². The summed E-state index contributed by atoms with van der Waals surface area (Å²) >= 11 is 0. The molecule has 1 amide bonds. The lowest BCUT2D eigenvalue weighted by Gasteiger charge is -2.34. The predicted octanol–water partition coefficient (Wildman–Crippen LogP) is 0.0313. The second kappa shape index (κ2) is 5.30. The molecule has 1 aliphatic heterocycles. The molecular weight excluding hydrogens is 234 g/mol. The first-order valence-electron chi connectivity index (χ1n) is 6.06. The van der Waals surface area contributed by atoms with Crippen LogP contribution in [0.4, 0.5) is 0 Å². The lowest BCUT2D eigenvalue weighted by molar-refractivity contribution is -0.00322. The predicted molar refractivity (Wildman–Crippen MR) is 65.4 cm³/mol. The van der Waals surface area contributed by atoms with Crippen LogP contribution < -0.4 is 5.56 Å².